The molecule has 106 valence electrons. The lowest BCUT2D eigenvalue weighted by Gasteiger charge is -2.18. The summed E-state index contributed by atoms with van der Waals surface area (Å²) >= 11 is 2.94. The molecule has 0 atom stereocenters. The van der Waals surface area contributed by atoms with Gasteiger partial charge in [-0.1, -0.05) is 46.3 Å². The van der Waals surface area contributed by atoms with E-state index < -0.39 is 29.9 Å². The van der Waals surface area contributed by atoms with Crippen LogP contribution in [0.15, 0.2) is 46.9 Å². The summed E-state index contributed by atoms with van der Waals surface area (Å²) < 4.78 is 59.1. The van der Waals surface area contributed by atoms with Crippen molar-refractivity contribution in [1.82, 2.24) is 0 Å². The van der Waals surface area contributed by atoms with Crippen LogP contribution in [0.4, 0.5) is 17.6 Å². The van der Waals surface area contributed by atoms with E-state index in [0.717, 1.165) is 12.1 Å². The average Bonchev–Trinajstić information content (AvgIpc) is 2.42. The lowest BCUT2D eigenvalue weighted by molar-refractivity contribution is -0.0477. The van der Waals surface area contributed by atoms with Crippen molar-refractivity contribution in [2.75, 3.05) is 6.61 Å². The van der Waals surface area contributed by atoms with Crippen LogP contribution in [0.3, 0.4) is 0 Å². The summed E-state index contributed by atoms with van der Waals surface area (Å²) in [5.41, 5.74) is -0.254. The van der Waals surface area contributed by atoms with Gasteiger partial charge >= 0.3 is 5.92 Å². The van der Waals surface area contributed by atoms with Gasteiger partial charge in [-0.15, -0.1) is 0 Å². The maximum Gasteiger partial charge on any atom is 0.306 e. The van der Waals surface area contributed by atoms with Crippen LogP contribution in [0, 0.1) is 11.6 Å². The van der Waals surface area contributed by atoms with Crippen molar-refractivity contribution in [2.45, 2.75) is 5.92 Å². The molecule has 1 nitrogen and oxygen atoms in total. The highest BCUT2D eigenvalue weighted by Gasteiger charge is 2.33. The van der Waals surface area contributed by atoms with Crippen LogP contribution in [0.25, 0.3) is 0 Å². The van der Waals surface area contributed by atoms with E-state index in [1.807, 2.05) is 0 Å². The molecule has 2 rings (SSSR count). The summed E-state index contributed by atoms with van der Waals surface area (Å²) in [5.74, 6) is -6.33. The first-order valence-electron chi connectivity index (χ1n) is 5.61. The van der Waals surface area contributed by atoms with E-state index in [9.17, 15) is 17.6 Å². The molecule has 0 N–H and O–H groups in total. The normalized spacial score (nSPS) is 11.4. The zero-order valence-corrected chi connectivity index (χ0v) is 11.6. The predicted molar refractivity (Wildman–Crippen MR) is 69.9 cm³/mol. The van der Waals surface area contributed by atoms with Crippen molar-refractivity contribution in [3.05, 3.63) is 64.1 Å². The van der Waals surface area contributed by atoms with E-state index in [1.165, 1.54) is 24.3 Å². The maximum absolute atomic E-state index is 13.8. The largest absolute Gasteiger partial charge is 0.484 e. The van der Waals surface area contributed by atoms with Gasteiger partial charge in [-0.3, -0.25) is 0 Å². The SMILES string of the molecule is Fc1cc(Br)cc(OCC(F)(F)c2ccccc2)c1F. The monoisotopic (exact) mass is 348 g/mol. The second-order valence-corrected chi connectivity index (χ2v) is 4.97. The third kappa shape index (κ3) is 3.30. The fourth-order valence-electron chi connectivity index (χ4n) is 1.57. The molecule has 0 unspecified atom stereocenters. The lowest BCUT2D eigenvalue weighted by atomic mass is 10.1. The second kappa shape index (κ2) is 5.83. The van der Waals surface area contributed by atoms with Crippen LogP contribution in [0.2, 0.25) is 0 Å². The highest BCUT2D eigenvalue weighted by molar-refractivity contribution is 9.10. The van der Waals surface area contributed by atoms with Gasteiger partial charge in [0, 0.05) is 10.0 Å². The average molecular weight is 349 g/mol. The van der Waals surface area contributed by atoms with E-state index in [4.69, 9.17) is 4.74 Å². The Kier molecular flexibility index (Phi) is 4.32. The first-order chi connectivity index (χ1) is 9.40. The molecule has 0 saturated carbocycles. The van der Waals surface area contributed by atoms with Crippen LogP contribution < -0.4 is 4.74 Å². The lowest BCUT2D eigenvalue weighted by Crippen LogP contribution is -2.23. The number of alkyl halides is 2. The highest BCUT2D eigenvalue weighted by atomic mass is 79.9. The standard InChI is InChI=1S/C14H9BrF4O/c15-10-6-11(16)13(17)12(7-10)20-8-14(18,19)9-4-2-1-3-5-9/h1-7H,8H2. The number of halogens is 5. The topological polar surface area (TPSA) is 9.23 Å². The Morgan fingerprint density at radius 1 is 1.05 bits per heavy atom. The zero-order valence-electron chi connectivity index (χ0n) is 10.0. The van der Waals surface area contributed by atoms with Crippen molar-refractivity contribution in [2.24, 2.45) is 0 Å². The van der Waals surface area contributed by atoms with Gasteiger partial charge in [0.05, 0.1) is 0 Å². The van der Waals surface area contributed by atoms with Crippen LogP contribution in [0.1, 0.15) is 5.56 Å². The van der Waals surface area contributed by atoms with Gasteiger partial charge in [0.1, 0.15) is 0 Å². The minimum Gasteiger partial charge on any atom is -0.484 e. The fourth-order valence-corrected chi connectivity index (χ4v) is 1.98. The van der Waals surface area contributed by atoms with Crippen molar-refractivity contribution in [3.8, 4) is 5.75 Å². The first-order valence-corrected chi connectivity index (χ1v) is 6.40. The summed E-state index contributed by atoms with van der Waals surface area (Å²) in [6.45, 7) is -1.08. The molecule has 0 heterocycles. The molecule has 0 saturated heterocycles. The number of ether oxygens (including phenoxy) is 1. The van der Waals surface area contributed by atoms with E-state index in [2.05, 4.69) is 15.9 Å². The van der Waals surface area contributed by atoms with Crippen LogP contribution in [-0.4, -0.2) is 6.61 Å². The smallest absolute Gasteiger partial charge is 0.306 e. The second-order valence-electron chi connectivity index (χ2n) is 4.06. The summed E-state index contributed by atoms with van der Waals surface area (Å²) in [7, 11) is 0. The summed E-state index contributed by atoms with van der Waals surface area (Å²) in [6, 6.07) is 8.98. The Labute approximate surface area is 121 Å². The van der Waals surface area contributed by atoms with Crippen LogP contribution in [-0.2, 0) is 5.92 Å². The van der Waals surface area contributed by atoms with Gasteiger partial charge in [-0.2, -0.15) is 13.2 Å². The van der Waals surface area contributed by atoms with Gasteiger partial charge in [0.25, 0.3) is 0 Å². The Hall–Kier alpha value is -1.56. The van der Waals surface area contributed by atoms with Crippen molar-refractivity contribution >= 4 is 15.9 Å². The molecule has 2 aromatic carbocycles. The molecular formula is C14H9BrF4O. The van der Waals surface area contributed by atoms with Gasteiger partial charge in [0.15, 0.2) is 18.2 Å². The molecule has 0 spiro atoms. The number of hydrogen-bond donors (Lipinski definition) is 0. The molecular weight excluding hydrogens is 340 g/mol. The van der Waals surface area contributed by atoms with Gasteiger partial charge in [-0.25, -0.2) is 4.39 Å². The van der Waals surface area contributed by atoms with Crippen molar-refractivity contribution in [3.63, 3.8) is 0 Å². The van der Waals surface area contributed by atoms with Gasteiger partial charge in [0.2, 0.25) is 5.82 Å². The summed E-state index contributed by atoms with van der Waals surface area (Å²) in [5, 5.41) is 0. The molecule has 2 aromatic rings. The quantitative estimate of drug-likeness (QED) is 0.564. The van der Waals surface area contributed by atoms with E-state index >= 15 is 0 Å². The van der Waals surface area contributed by atoms with E-state index in [0.29, 0.717) is 0 Å². The number of rotatable bonds is 4. The zero-order chi connectivity index (χ0) is 14.8. The van der Waals surface area contributed by atoms with Crippen LogP contribution >= 0.6 is 15.9 Å². The van der Waals surface area contributed by atoms with Gasteiger partial charge in [-0.05, 0) is 12.1 Å². The van der Waals surface area contributed by atoms with Crippen molar-refractivity contribution < 1.29 is 22.3 Å². The number of hydrogen-bond acceptors (Lipinski definition) is 1. The third-order valence-electron chi connectivity index (χ3n) is 2.56. The summed E-state index contributed by atoms with van der Waals surface area (Å²) in [6.07, 6.45) is 0. The molecule has 0 amide bonds. The Morgan fingerprint density at radius 3 is 2.35 bits per heavy atom. The molecule has 0 fully saturated rings. The fraction of sp³-hybridized carbons (Fsp3) is 0.143. The Balaban J connectivity index is 2.16. The van der Waals surface area contributed by atoms with Gasteiger partial charge < -0.3 is 4.74 Å². The minimum absolute atomic E-state index is 0.203. The molecule has 20 heavy (non-hydrogen) atoms. The first kappa shape index (κ1) is 14.8. The molecule has 0 bridgehead atoms. The highest BCUT2D eigenvalue weighted by Crippen LogP contribution is 2.31. The predicted octanol–water partition coefficient (Wildman–Crippen LogP) is 4.90. The molecule has 0 aliphatic heterocycles. The Bertz CT molecular complexity index is 602. The van der Waals surface area contributed by atoms with Crippen LogP contribution in [0.5, 0.6) is 5.75 Å². The van der Waals surface area contributed by atoms with E-state index in [-0.39, 0.29) is 10.0 Å². The maximum atomic E-state index is 13.8. The third-order valence-corrected chi connectivity index (χ3v) is 3.02. The molecule has 0 aliphatic carbocycles. The van der Waals surface area contributed by atoms with E-state index in [1.54, 1.807) is 6.07 Å². The molecule has 0 aromatic heterocycles. The molecule has 0 aliphatic rings. The molecule has 6 heteroatoms. The minimum atomic E-state index is -3.30. The molecule has 0 radical (unpaired) electrons. The summed E-state index contributed by atoms with van der Waals surface area (Å²) in [4.78, 5) is 0. The Morgan fingerprint density at radius 2 is 1.70 bits per heavy atom. The van der Waals surface area contributed by atoms with Crippen molar-refractivity contribution in [1.29, 1.82) is 0 Å². The number of benzene rings is 2.